The van der Waals surface area contributed by atoms with Crippen molar-refractivity contribution in [3.05, 3.63) is 53.1 Å². The Morgan fingerprint density at radius 1 is 1.28 bits per heavy atom. The highest BCUT2D eigenvalue weighted by Gasteiger charge is 2.08. The lowest BCUT2D eigenvalue weighted by atomic mass is 9.95. The minimum absolute atomic E-state index is 0.162. The Labute approximate surface area is 106 Å². The van der Waals surface area contributed by atoms with E-state index in [0.717, 1.165) is 6.21 Å². The maximum atomic E-state index is 11.4. The van der Waals surface area contributed by atoms with Crippen LogP contribution in [0.15, 0.2) is 36.4 Å². The Morgan fingerprint density at radius 2 is 2.06 bits per heavy atom. The molecule has 0 aliphatic rings. The van der Waals surface area contributed by atoms with Crippen LogP contribution in [0.25, 0.3) is 16.3 Å². The van der Waals surface area contributed by atoms with Crippen molar-refractivity contribution >= 4 is 22.8 Å². The van der Waals surface area contributed by atoms with E-state index in [1.165, 1.54) is 21.9 Å². The van der Waals surface area contributed by atoms with Gasteiger partial charge in [0.1, 0.15) is 0 Å². The first kappa shape index (κ1) is 12.2. The lowest BCUT2D eigenvalue weighted by molar-refractivity contribution is -0.116. The number of ketones is 1. The summed E-state index contributed by atoms with van der Waals surface area (Å²) in [6.07, 6.45) is 1.98. The Hall–Kier alpha value is -2.25. The zero-order valence-corrected chi connectivity index (χ0v) is 10.3. The topological polar surface area (TPSA) is 53.5 Å². The van der Waals surface area contributed by atoms with Crippen LogP contribution in [0.2, 0.25) is 0 Å². The molecule has 0 atom stereocenters. The molecule has 0 saturated heterocycles. The summed E-state index contributed by atoms with van der Waals surface area (Å²) in [5.41, 5.74) is 10.7. The maximum Gasteiger partial charge on any atom is 0.323 e. The average Bonchev–Trinajstić information content (AvgIpc) is 2.38. The second-order valence-corrected chi connectivity index (χ2v) is 4.29. The summed E-state index contributed by atoms with van der Waals surface area (Å²) >= 11 is 0. The summed E-state index contributed by atoms with van der Waals surface area (Å²) in [5.74, 6) is -0.162. The summed E-state index contributed by atoms with van der Waals surface area (Å²) < 4.78 is 0. The summed E-state index contributed by atoms with van der Waals surface area (Å²) in [6.45, 7) is 2.05. The summed E-state index contributed by atoms with van der Waals surface area (Å²) in [4.78, 5) is 14.1. The van der Waals surface area contributed by atoms with E-state index in [1.54, 1.807) is 0 Å². The number of fused-ring (bicyclic) bond motifs is 1. The van der Waals surface area contributed by atoms with Crippen molar-refractivity contribution in [3.8, 4) is 0 Å². The van der Waals surface area contributed by atoms with Crippen LogP contribution in [-0.2, 0) is 11.2 Å². The molecule has 0 aromatic heterocycles. The average molecular weight is 238 g/mol. The molecule has 0 fully saturated rings. The molecular formula is C15H14N2O. The number of nitrogens with zero attached hydrogens (tertiary/aromatic N) is 2. The Morgan fingerprint density at radius 3 is 2.83 bits per heavy atom. The second kappa shape index (κ2) is 5.39. The number of rotatable bonds is 4. The Kier molecular flexibility index (Phi) is 3.66. The van der Waals surface area contributed by atoms with Crippen LogP contribution in [-0.4, -0.2) is 16.8 Å². The summed E-state index contributed by atoms with van der Waals surface area (Å²) in [7, 11) is 0. The lowest BCUT2D eigenvalue weighted by Gasteiger charge is -2.09. The van der Waals surface area contributed by atoms with E-state index in [4.69, 9.17) is 5.53 Å². The fraction of sp³-hybridized carbons (Fsp3) is 0.200. The number of hydrogen-bond acceptors (Lipinski definition) is 1. The quantitative estimate of drug-likeness (QED) is 0.459. The smallest absolute Gasteiger partial charge is 0.323 e. The zero-order chi connectivity index (χ0) is 13.0. The third-order valence-corrected chi connectivity index (χ3v) is 3.10. The number of carbonyl (C=O) groups is 1. The largest absolute Gasteiger partial charge is 0.361 e. The van der Waals surface area contributed by atoms with E-state index in [9.17, 15) is 4.79 Å². The molecule has 3 nitrogen and oxygen atoms in total. The molecule has 2 rings (SSSR count). The van der Waals surface area contributed by atoms with Crippen molar-refractivity contribution < 1.29 is 9.58 Å². The van der Waals surface area contributed by atoms with Gasteiger partial charge in [0.2, 0.25) is 5.78 Å². The third-order valence-electron chi connectivity index (χ3n) is 3.10. The van der Waals surface area contributed by atoms with Gasteiger partial charge in [-0.2, -0.15) is 4.79 Å². The van der Waals surface area contributed by atoms with Crippen LogP contribution in [0.1, 0.15) is 17.5 Å². The van der Waals surface area contributed by atoms with Crippen LogP contribution in [0.5, 0.6) is 0 Å². The van der Waals surface area contributed by atoms with Crippen molar-refractivity contribution in [3.63, 3.8) is 0 Å². The molecule has 90 valence electrons. The molecule has 0 radical (unpaired) electrons. The van der Waals surface area contributed by atoms with Crippen molar-refractivity contribution in [1.29, 1.82) is 0 Å². The maximum absolute atomic E-state index is 11.4. The molecule has 0 N–H and O–H groups in total. The zero-order valence-electron chi connectivity index (χ0n) is 10.3. The number of carbonyl (C=O) groups excluding carboxylic acids is 1. The minimum Gasteiger partial charge on any atom is -0.361 e. The lowest BCUT2D eigenvalue weighted by Crippen LogP contribution is -2.03. The first-order chi connectivity index (χ1) is 8.72. The fourth-order valence-corrected chi connectivity index (χ4v) is 2.15. The SMILES string of the molecule is Cc1ccc2ccccc2c1CCC(=O)C=[N+]=[N-]. The normalized spacial score (nSPS) is 10.1. The predicted molar refractivity (Wildman–Crippen MR) is 71.7 cm³/mol. The molecule has 0 spiro atoms. The van der Waals surface area contributed by atoms with Crippen molar-refractivity contribution in [2.24, 2.45) is 0 Å². The van der Waals surface area contributed by atoms with Crippen LogP contribution in [0.4, 0.5) is 0 Å². The highest BCUT2D eigenvalue weighted by Crippen LogP contribution is 2.23. The van der Waals surface area contributed by atoms with Gasteiger partial charge in [-0.3, -0.25) is 4.79 Å². The number of benzene rings is 2. The van der Waals surface area contributed by atoms with Gasteiger partial charge in [0.15, 0.2) is 0 Å². The van der Waals surface area contributed by atoms with Gasteiger partial charge in [-0.25, -0.2) is 0 Å². The van der Waals surface area contributed by atoms with Crippen molar-refractivity contribution in [2.45, 2.75) is 19.8 Å². The predicted octanol–water partition coefficient (Wildman–Crippen LogP) is 2.95. The van der Waals surface area contributed by atoms with Crippen LogP contribution < -0.4 is 0 Å². The second-order valence-electron chi connectivity index (χ2n) is 4.29. The summed E-state index contributed by atoms with van der Waals surface area (Å²) in [6, 6.07) is 12.3. The first-order valence-corrected chi connectivity index (χ1v) is 5.90. The molecule has 0 saturated carbocycles. The molecule has 0 bridgehead atoms. The number of aryl methyl sites for hydroxylation is 2. The van der Waals surface area contributed by atoms with Gasteiger partial charge in [-0.05, 0) is 35.2 Å². The summed E-state index contributed by atoms with van der Waals surface area (Å²) in [5, 5.41) is 2.37. The van der Waals surface area contributed by atoms with Gasteiger partial charge in [0.25, 0.3) is 0 Å². The molecule has 0 aliphatic heterocycles. The number of Topliss-reactive ketones (excluding diaryl/α,β-unsaturated/α-hetero) is 1. The molecule has 2 aromatic rings. The molecule has 0 heterocycles. The molecule has 3 heteroatoms. The Balaban J connectivity index is 2.34. The van der Waals surface area contributed by atoms with E-state index < -0.39 is 0 Å². The van der Waals surface area contributed by atoms with Gasteiger partial charge in [-0.15, -0.1) is 0 Å². The van der Waals surface area contributed by atoms with E-state index in [1.807, 2.05) is 19.1 Å². The standard InChI is InChI=1S/C15H14N2O/c1-11-6-7-12-4-2-3-5-15(12)14(11)9-8-13(18)10-17-16/h2-7,10H,8-9H2,1H3. The molecule has 18 heavy (non-hydrogen) atoms. The molecule has 0 amide bonds. The van der Waals surface area contributed by atoms with Crippen molar-refractivity contribution in [1.82, 2.24) is 0 Å². The van der Waals surface area contributed by atoms with E-state index in [-0.39, 0.29) is 5.78 Å². The monoisotopic (exact) mass is 238 g/mol. The van der Waals surface area contributed by atoms with E-state index in [2.05, 4.69) is 29.1 Å². The van der Waals surface area contributed by atoms with E-state index >= 15 is 0 Å². The molecule has 2 aromatic carbocycles. The number of hydrogen-bond donors (Lipinski definition) is 0. The van der Waals surface area contributed by atoms with Gasteiger partial charge >= 0.3 is 6.21 Å². The minimum atomic E-state index is -0.162. The van der Waals surface area contributed by atoms with Crippen molar-refractivity contribution in [2.75, 3.05) is 0 Å². The van der Waals surface area contributed by atoms with Gasteiger partial charge in [0.05, 0.1) is 0 Å². The molecule has 0 unspecified atom stereocenters. The third kappa shape index (κ3) is 2.53. The van der Waals surface area contributed by atoms with Gasteiger partial charge in [-0.1, -0.05) is 36.4 Å². The van der Waals surface area contributed by atoms with Crippen LogP contribution in [0, 0.1) is 6.92 Å². The highest BCUT2D eigenvalue weighted by atomic mass is 16.1. The fourth-order valence-electron chi connectivity index (χ4n) is 2.15. The highest BCUT2D eigenvalue weighted by molar-refractivity contribution is 6.25. The molecular weight excluding hydrogens is 224 g/mol. The van der Waals surface area contributed by atoms with Crippen LogP contribution >= 0.6 is 0 Å². The van der Waals surface area contributed by atoms with Crippen LogP contribution in [0.3, 0.4) is 0 Å². The first-order valence-electron chi connectivity index (χ1n) is 5.90. The van der Waals surface area contributed by atoms with Gasteiger partial charge in [0, 0.05) is 6.42 Å². The van der Waals surface area contributed by atoms with E-state index in [0.29, 0.717) is 12.8 Å². The molecule has 0 aliphatic carbocycles. The Bertz CT molecular complexity index is 640. The van der Waals surface area contributed by atoms with Gasteiger partial charge < -0.3 is 5.53 Å².